The third-order valence-electron chi connectivity index (χ3n) is 7.39. The van der Waals surface area contributed by atoms with Crippen LogP contribution in [0.4, 0.5) is 0 Å². The Morgan fingerprint density at radius 1 is 1.21 bits per heavy atom. The zero-order chi connectivity index (χ0) is 19.3. The fraction of sp³-hybridized carbons (Fsp3) is 0.636. The maximum atomic E-state index is 10.7. The smallest absolute Gasteiger partial charge is 0.0884 e. The first kappa shape index (κ1) is 18.6. The second-order valence-corrected chi connectivity index (χ2v) is 8.60. The van der Waals surface area contributed by atoms with E-state index in [4.69, 9.17) is 14.5 Å². The van der Waals surface area contributed by atoms with Crippen molar-refractivity contribution in [3.05, 3.63) is 35.5 Å². The Bertz CT molecular complexity index is 837. The molecular formula is C22H30N2O4. The van der Waals surface area contributed by atoms with Gasteiger partial charge in [-0.05, 0) is 42.7 Å². The summed E-state index contributed by atoms with van der Waals surface area (Å²) in [7, 11) is 3.23. The summed E-state index contributed by atoms with van der Waals surface area (Å²) < 4.78 is 5.71. The minimum absolute atomic E-state index is 0.135. The van der Waals surface area contributed by atoms with Crippen molar-refractivity contribution in [2.45, 2.75) is 37.5 Å². The SMILES string of the molecule is COOC[C@H]1[C@H]2C[C@@H]3c4[nH]c5ccccc5c4CCN3C[C@H]2C[C@@H](O)[C@@H]1OC. The Hall–Kier alpha value is -1.44. The van der Waals surface area contributed by atoms with Crippen LogP contribution in [0.3, 0.4) is 0 Å². The van der Waals surface area contributed by atoms with Crippen molar-refractivity contribution in [1.29, 1.82) is 0 Å². The number of rotatable bonds is 4. The minimum Gasteiger partial charge on any atom is -0.390 e. The number of piperidine rings is 1. The van der Waals surface area contributed by atoms with E-state index in [1.807, 2.05) is 0 Å². The van der Waals surface area contributed by atoms with Gasteiger partial charge in [0.05, 0.1) is 32.0 Å². The summed E-state index contributed by atoms with van der Waals surface area (Å²) in [5.74, 6) is 1.05. The normalized spacial score (nSPS) is 35.4. The molecule has 0 bridgehead atoms. The number of ether oxygens (including phenoxy) is 1. The summed E-state index contributed by atoms with van der Waals surface area (Å²) >= 11 is 0. The van der Waals surface area contributed by atoms with E-state index < -0.39 is 6.10 Å². The number of hydrogen-bond acceptors (Lipinski definition) is 5. The Morgan fingerprint density at radius 2 is 2.07 bits per heavy atom. The first-order valence-electron chi connectivity index (χ1n) is 10.4. The molecule has 1 saturated heterocycles. The molecular weight excluding hydrogens is 356 g/mol. The lowest BCUT2D eigenvalue weighted by Gasteiger charge is -2.53. The average molecular weight is 386 g/mol. The van der Waals surface area contributed by atoms with Gasteiger partial charge < -0.3 is 14.8 Å². The molecule has 1 aliphatic carbocycles. The van der Waals surface area contributed by atoms with Crippen molar-refractivity contribution in [3.8, 4) is 0 Å². The number of aliphatic hydroxyl groups excluding tert-OH is 1. The molecule has 3 heterocycles. The van der Waals surface area contributed by atoms with E-state index in [0.717, 1.165) is 32.4 Å². The monoisotopic (exact) mass is 386 g/mol. The van der Waals surface area contributed by atoms with E-state index in [1.165, 1.54) is 22.2 Å². The number of H-pyrrole nitrogens is 1. The lowest BCUT2D eigenvalue weighted by atomic mass is 9.64. The van der Waals surface area contributed by atoms with Gasteiger partial charge >= 0.3 is 0 Å². The summed E-state index contributed by atoms with van der Waals surface area (Å²) in [5, 5.41) is 12.0. The van der Waals surface area contributed by atoms with Gasteiger partial charge in [0.1, 0.15) is 0 Å². The van der Waals surface area contributed by atoms with Crippen LogP contribution in [-0.2, 0) is 20.9 Å². The molecule has 0 radical (unpaired) electrons. The van der Waals surface area contributed by atoms with Gasteiger partial charge in [-0.15, -0.1) is 0 Å². The standard InChI is InChI=1S/C22H30N2O4/c1-26-22-17(12-28-27-2)16-10-19-21-15(14-5-3-4-6-18(14)23-21)7-8-24(19)11-13(16)9-20(22)25/h3-6,13,16-17,19-20,22-23,25H,7-12H2,1-2H3/t13-,16+,17+,19-,20-,22-/m1/s1. The molecule has 6 nitrogen and oxygen atoms in total. The maximum absolute atomic E-state index is 10.7. The van der Waals surface area contributed by atoms with Crippen LogP contribution < -0.4 is 0 Å². The van der Waals surface area contributed by atoms with Gasteiger partial charge in [0.25, 0.3) is 0 Å². The molecule has 1 aromatic carbocycles. The third-order valence-corrected chi connectivity index (χ3v) is 7.39. The van der Waals surface area contributed by atoms with Crippen LogP contribution in [0.25, 0.3) is 10.9 Å². The molecule has 0 unspecified atom stereocenters. The lowest BCUT2D eigenvalue weighted by Crippen LogP contribution is -2.56. The fourth-order valence-corrected chi connectivity index (χ4v) is 6.18. The molecule has 6 heteroatoms. The van der Waals surface area contributed by atoms with Gasteiger partial charge in [-0.25, -0.2) is 9.78 Å². The van der Waals surface area contributed by atoms with Crippen LogP contribution in [-0.4, -0.2) is 61.1 Å². The molecule has 6 atom stereocenters. The van der Waals surface area contributed by atoms with Crippen LogP contribution in [0.5, 0.6) is 0 Å². The van der Waals surface area contributed by atoms with E-state index in [0.29, 0.717) is 24.5 Å². The van der Waals surface area contributed by atoms with Crippen molar-refractivity contribution in [3.63, 3.8) is 0 Å². The number of benzene rings is 1. The number of aromatic nitrogens is 1. The Labute approximate surface area is 165 Å². The van der Waals surface area contributed by atoms with Crippen molar-refractivity contribution in [1.82, 2.24) is 9.88 Å². The largest absolute Gasteiger partial charge is 0.390 e. The lowest BCUT2D eigenvalue weighted by molar-refractivity contribution is -0.295. The summed E-state index contributed by atoms with van der Waals surface area (Å²) in [4.78, 5) is 16.6. The van der Waals surface area contributed by atoms with E-state index in [1.54, 1.807) is 14.2 Å². The van der Waals surface area contributed by atoms with Gasteiger partial charge in [0.15, 0.2) is 0 Å². The predicted octanol–water partition coefficient (Wildman–Crippen LogP) is 2.68. The maximum Gasteiger partial charge on any atom is 0.0884 e. The van der Waals surface area contributed by atoms with E-state index >= 15 is 0 Å². The molecule has 1 aromatic heterocycles. The highest BCUT2D eigenvalue weighted by Crippen LogP contribution is 2.49. The fourth-order valence-electron chi connectivity index (χ4n) is 6.18. The molecule has 0 amide bonds. The second kappa shape index (κ2) is 7.43. The van der Waals surface area contributed by atoms with Crippen LogP contribution in [0.1, 0.15) is 30.1 Å². The molecule has 2 aliphatic heterocycles. The number of nitrogens with zero attached hydrogens (tertiary/aromatic N) is 1. The summed E-state index contributed by atoms with van der Waals surface area (Å²) in [6.07, 6.45) is 2.31. The zero-order valence-electron chi connectivity index (χ0n) is 16.6. The second-order valence-electron chi connectivity index (χ2n) is 8.60. The molecule has 2 fully saturated rings. The van der Waals surface area contributed by atoms with Crippen molar-refractivity contribution >= 4 is 10.9 Å². The molecule has 28 heavy (non-hydrogen) atoms. The molecule has 3 aliphatic rings. The number of aliphatic hydroxyl groups is 1. The highest BCUT2D eigenvalue weighted by atomic mass is 17.2. The van der Waals surface area contributed by atoms with Gasteiger partial charge in [0, 0.05) is 42.7 Å². The van der Waals surface area contributed by atoms with Gasteiger partial charge in [-0.3, -0.25) is 4.90 Å². The zero-order valence-corrected chi connectivity index (χ0v) is 16.6. The van der Waals surface area contributed by atoms with E-state index in [2.05, 4.69) is 34.1 Å². The highest BCUT2D eigenvalue weighted by molar-refractivity contribution is 5.85. The number of para-hydroxylation sites is 1. The molecule has 0 spiro atoms. The van der Waals surface area contributed by atoms with Crippen LogP contribution in [0.2, 0.25) is 0 Å². The van der Waals surface area contributed by atoms with Gasteiger partial charge in [-0.1, -0.05) is 18.2 Å². The van der Waals surface area contributed by atoms with Crippen molar-refractivity contribution in [2.75, 3.05) is 33.9 Å². The quantitative estimate of drug-likeness (QED) is 0.625. The third kappa shape index (κ3) is 2.90. The molecule has 152 valence electrons. The van der Waals surface area contributed by atoms with Crippen molar-refractivity contribution < 1.29 is 19.6 Å². The van der Waals surface area contributed by atoms with Gasteiger partial charge in [0.2, 0.25) is 0 Å². The molecule has 5 rings (SSSR count). The Balaban J connectivity index is 1.48. The van der Waals surface area contributed by atoms with Crippen LogP contribution in [0, 0.1) is 17.8 Å². The number of hydrogen-bond donors (Lipinski definition) is 2. The summed E-state index contributed by atoms with van der Waals surface area (Å²) in [6, 6.07) is 9.04. The topological polar surface area (TPSA) is 67.0 Å². The number of fused-ring (bicyclic) bond motifs is 6. The Morgan fingerprint density at radius 3 is 2.89 bits per heavy atom. The molecule has 2 aromatic rings. The number of aromatic amines is 1. The average Bonchev–Trinajstić information content (AvgIpc) is 3.09. The predicted molar refractivity (Wildman–Crippen MR) is 106 cm³/mol. The van der Waals surface area contributed by atoms with Gasteiger partial charge in [-0.2, -0.15) is 0 Å². The number of nitrogens with one attached hydrogen (secondary N) is 1. The molecule has 2 N–H and O–H groups in total. The van der Waals surface area contributed by atoms with E-state index in [9.17, 15) is 5.11 Å². The highest BCUT2D eigenvalue weighted by Gasteiger charge is 2.50. The minimum atomic E-state index is -0.443. The first-order chi connectivity index (χ1) is 13.7. The first-order valence-corrected chi connectivity index (χ1v) is 10.4. The summed E-state index contributed by atoms with van der Waals surface area (Å²) in [5.41, 5.74) is 4.11. The van der Waals surface area contributed by atoms with E-state index in [-0.39, 0.29) is 12.0 Å². The van der Waals surface area contributed by atoms with Crippen LogP contribution >= 0.6 is 0 Å². The Kier molecular flexibility index (Phi) is 4.93. The van der Waals surface area contributed by atoms with Crippen LogP contribution in [0.15, 0.2) is 24.3 Å². The van der Waals surface area contributed by atoms with Crippen molar-refractivity contribution in [2.24, 2.45) is 17.8 Å². The number of methoxy groups -OCH3 is 1. The summed E-state index contributed by atoms with van der Waals surface area (Å²) in [6.45, 7) is 2.58. The molecule has 1 saturated carbocycles.